The minimum atomic E-state index is -0.604. The molecule has 0 aliphatic carbocycles. The summed E-state index contributed by atoms with van der Waals surface area (Å²) in [5, 5.41) is 3.33. The van der Waals surface area contributed by atoms with E-state index in [9.17, 15) is 4.79 Å². The van der Waals surface area contributed by atoms with Crippen molar-refractivity contribution in [3.05, 3.63) is 0 Å². The Bertz CT molecular complexity index is 337. The standard InChI is InChI=1S/C16H33N3O2/c1-7-17-16(5,15(20)21-8-2)11-13(3)19-10-9-18(6)12-14(19)4/h13-14,17H,7-12H2,1-6H3. The molecule has 3 unspecified atom stereocenters. The molecular formula is C16H33N3O2. The van der Waals surface area contributed by atoms with Gasteiger partial charge in [-0.05, 0) is 47.7 Å². The molecule has 1 N–H and O–H groups in total. The average Bonchev–Trinajstić information content (AvgIpc) is 2.38. The molecule has 1 saturated heterocycles. The molecule has 5 heteroatoms. The molecule has 124 valence electrons. The first kappa shape index (κ1) is 18.4. The number of esters is 1. The highest BCUT2D eigenvalue weighted by Crippen LogP contribution is 2.21. The second-order valence-electron chi connectivity index (χ2n) is 6.49. The maximum atomic E-state index is 12.3. The highest BCUT2D eigenvalue weighted by molar-refractivity contribution is 5.80. The topological polar surface area (TPSA) is 44.8 Å². The lowest BCUT2D eigenvalue weighted by molar-refractivity contribution is -0.151. The molecule has 1 fully saturated rings. The van der Waals surface area contributed by atoms with Crippen LogP contribution in [-0.4, -0.2) is 73.2 Å². The molecule has 21 heavy (non-hydrogen) atoms. The maximum absolute atomic E-state index is 12.3. The summed E-state index contributed by atoms with van der Waals surface area (Å²) in [7, 11) is 2.17. The molecule has 3 atom stereocenters. The molecular weight excluding hydrogens is 266 g/mol. The molecule has 0 radical (unpaired) electrons. The van der Waals surface area contributed by atoms with E-state index < -0.39 is 5.54 Å². The second-order valence-corrected chi connectivity index (χ2v) is 6.49. The predicted molar refractivity (Wildman–Crippen MR) is 86.5 cm³/mol. The van der Waals surface area contributed by atoms with Crippen molar-refractivity contribution in [2.45, 2.75) is 58.7 Å². The summed E-state index contributed by atoms with van der Waals surface area (Å²) < 4.78 is 5.26. The lowest BCUT2D eigenvalue weighted by Gasteiger charge is -2.44. The normalized spacial score (nSPS) is 25.3. The Morgan fingerprint density at radius 3 is 2.62 bits per heavy atom. The number of hydrogen-bond acceptors (Lipinski definition) is 5. The van der Waals surface area contributed by atoms with Crippen LogP contribution in [0.1, 0.15) is 41.0 Å². The van der Waals surface area contributed by atoms with E-state index in [2.05, 4.69) is 36.0 Å². The molecule has 0 aromatic rings. The SMILES string of the molecule is CCNC(C)(CC(C)N1CCN(C)CC1C)C(=O)OCC. The molecule has 0 bridgehead atoms. The van der Waals surface area contributed by atoms with Crippen molar-refractivity contribution in [1.82, 2.24) is 15.1 Å². The van der Waals surface area contributed by atoms with E-state index >= 15 is 0 Å². The third-order valence-electron chi connectivity index (χ3n) is 4.44. The molecule has 0 spiro atoms. The van der Waals surface area contributed by atoms with Gasteiger partial charge in [-0.15, -0.1) is 0 Å². The number of piperazine rings is 1. The van der Waals surface area contributed by atoms with Gasteiger partial charge in [0, 0.05) is 31.7 Å². The van der Waals surface area contributed by atoms with Gasteiger partial charge in [0.25, 0.3) is 0 Å². The molecule has 0 aromatic heterocycles. The molecule has 1 heterocycles. The van der Waals surface area contributed by atoms with E-state index in [1.165, 1.54) is 0 Å². The summed E-state index contributed by atoms with van der Waals surface area (Å²) in [4.78, 5) is 17.2. The van der Waals surface area contributed by atoms with E-state index in [4.69, 9.17) is 4.74 Å². The van der Waals surface area contributed by atoms with Gasteiger partial charge < -0.3 is 15.0 Å². The number of nitrogens with zero attached hydrogens (tertiary/aromatic N) is 2. The summed E-state index contributed by atoms with van der Waals surface area (Å²) in [5.41, 5.74) is -0.604. The zero-order chi connectivity index (χ0) is 16.0. The van der Waals surface area contributed by atoms with Crippen LogP contribution in [0, 0.1) is 0 Å². The molecule has 0 aromatic carbocycles. The molecule has 1 rings (SSSR count). The summed E-state index contributed by atoms with van der Waals surface area (Å²) in [6.07, 6.45) is 0.772. The van der Waals surface area contributed by atoms with E-state index in [1.807, 2.05) is 20.8 Å². The number of carbonyl (C=O) groups is 1. The Morgan fingerprint density at radius 2 is 2.10 bits per heavy atom. The quantitative estimate of drug-likeness (QED) is 0.719. The Balaban J connectivity index is 2.71. The van der Waals surface area contributed by atoms with Crippen molar-refractivity contribution < 1.29 is 9.53 Å². The monoisotopic (exact) mass is 299 g/mol. The first-order chi connectivity index (χ1) is 9.84. The first-order valence-electron chi connectivity index (χ1n) is 8.20. The molecule has 1 aliphatic rings. The molecule has 0 saturated carbocycles. The van der Waals surface area contributed by atoms with E-state index in [0.717, 1.165) is 32.6 Å². The maximum Gasteiger partial charge on any atom is 0.326 e. The number of carbonyl (C=O) groups excluding carboxylic acids is 1. The number of hydrogen-bond donors (Lipinski definition) is 1. The zero-order valence-corrected chi connectivity index (χ0v) is 14.6. The van der Waals surface area contributed by atoms with Crippen LogP contribution < -0.4 is 5.32 Å². The van der Waals surface area contributed by atoms with Crippen LogP contribution in [0.3, 0.4) is 0 Å². The van der Waals surface area contributed by atoms with Crippen LogP contribution in [0.5, 0.6) is 0 Å². The fourth-order valence-electron chi connectivity index (χ4n) is 3.42. The lowest BCUT2D eigenvalue weighted by atomic mass is 9.91. The minimum Gasteiger partial charge on any atom is -0.465 e. The van der Waals surface area contributed by atoms with Crippen LogP contribution in [0.25, 0.3) is 0 Å². The van der Waals surface area contributed by atoms with E-state index in [0.29, 0.717) is 18.7 Å². The third-order valence-corrected chi connectivity index (χ3v) is 4.44. The molecule has 0 amide bonds. The fourth-order valence-corrected chi connectivity index (χ4v) is 3.42. The van der Waals surface area contributed by atoms with E-state index in [-0.39, 0.29) is 5.97 Å². The zero-order valence-electron chi connectivity index (χ0n) is 14.6. The first-order valence-corrected chi connectivity index (χ1v) is 8.20. The van der Waals surface area contributed by atoms with E-state index in [1.54, 1.807) is 0 Å². The number of ether oxygens (including phenoxy) is 1. The Kier molecular flexibility index (Phi) is 7.10. The van der Waals surface area contributed by atoms with Gasteiger partial charge in [-0.2, -0.15) is 0 Å². The van der Waals surface area contributed by atoms with Crippen molar-refractivity contribution in [3.63, 3.8) is 0 Å². The lowest BCUT2D eigenvalue weighted by Crippen LogP contribution is -2.58. The van der Waals surface area contributed by atoms with Crippen molar-refractivity contribution in [2.75, 3.05) is 39.8 Å². The summed E-state index contributed by atoms with van der Waals surface area (Å²) in [6, 6.07) is 0.869. The van der Waals surface area contributed by atoms with Crippen LogP contribution in [0.15, 0.2) is 0 Å². The van der Waals surface area contributed by atoms with Crippen LogP contribution in [0.4, 0.5) is 0 Å². The minimum absolute atomic E-state index is 0.138. The highest BCUT2D eigenvalue weighted by Gasteiger charge is 2.38. The second kappa shape index (κ2) is 8.11. The molecule has 1 aliphatic heterocycles. The number of nitrogens with one attached hydrogen (secondary N) is 1. The Morgan fingerprint density at radius 1 is 1.43 bits per heavy atom. The highest BCUT2D eigenvalue weighted by atomic mass is 16.5. The van der Waals surface area contributed by atoms with Crippen molar-refractivity contribution >= 4 is 5.97 Å². The van der Waals surface area contributed by atoms with Gasteiger partial charge >= 0.3 is 5.97 Å². The molecule has 5 nitrogen and oxygen atoms in total. The number of likely N-dealkylation sites (N-methyl/N-ethyl adjacent to an activating group) is 2. The van der Waals surface area contributed by atoms with Crippen molar-refractivity contribution in [2.24, 2.45) is 0 Å². The summed E-state index contributed by atoms with van der Waals surface area (Å²) in [6.45, 7) is 14.8. The van der Waals surface area contributed by atoms with Crippen LogP contribution in [-0.2, 0) is 9.53 Å². The fraction of sp³-hybridized carbons (Fsp3) is 0.938. The van der Waals surface area contributed by atoms with Crippen molar-refractivity contribution in [1.29, 1.82) is 0 Å². The van der Waals surface area contributed by atoms with Gasteiger partial charge in [0.2, 0.25) is 0 Å². The Labute approximate surface area is 130 Å². The number of rotatable bonds is 7. The van der Waals surface area contributed by atoms with Crippen LogP contribution >= 0.6 is 0 Å². The van der Waals surface area contributed by atoms with Gasteiger partial charge in [-0.3, -0.25) is 9.69 Å². The van der Waals surface area contributed by atoms with Gasteiger partial charge in [-0.25, -0.2) is 0 Å². The summed E-state index contributed by atoms with van der Waals surface area (Å²) >= 11 is 0. The third kappa shape index (κ3) is 4.94. The smallest absolute Gasteiger partial charge is 0.326 e. The van der Waals surface area contributed by atoms with Gasteiger partial charge in [0.05, 0.1) is 6.61 Å². The predicted octanol–water partition coefficient (Wildman–Crippen LogP) is 1.33. The average molecular weight is 299 g/mol. The van der Waals surface area contributed by atoms with Gasteiger partial charge in [0.15, 0.2) is 0 Å². The van der Waals surface area contributed by atoms with Gasteiger partial charge in [0.1, 0.15) is 5.54 Å². The summed E-state index contributed by atoms with van der Waals surface area (Å²) in [5.74, 6) is -0.138. The van der Waals surface area contributed by atoms with Crippen LogP contribution in [0.2, 0.25) is 0 Å². The van der Waals surface area contributed by atoms with Gasteiger partial charge in [-0.1, -0.05) is 6.92 Å². The largest absolute Gasteiger partial charge is 0.465 e. The van der Waals surface area contributed by atoms with Crippen molar-refractivity contribution in [3.8, 4) is 0 Å². The Hall–Kier alpha value is -0.650.